The van der Waals surface area contributed by atoms with E-state index in [-0.39, 0.29) is 0 Å². The maximum atomic E-state index is 2.30. The molecule has 17 heavy (non-hydrogen) atoms. The van der Waals surface area contributed by atoms with Gasteiger partial charge in [-0.3, -0.25) is 0 Å². The first-order valence-electron chi connectivity index (χ1n) is 8.27. The van der Waals surface area contributed by atoms with Gasteiger partial charge in [0.05, 0.1) is 0 Å². The van der Waals surface area contributed by atoms with Gasteiger partial charge in [-0.15, -0.1) is 0 Å². The maximum Gasteiger partial charge on any atom is -0.0241 e. The molecule has 0 aromatic carbocycles. The molecule has 101 valence electrons. The summed E-state index contributed by atoms with van der Waals surface area (Å²) < 4.78 is 0. The predicted octanol–water partition coefficient (Wildman–Crippen LogP) is 6.45. The highest BCUT2D eigenvalue weighted by molar-refractivity contribution is 4.89. The van der Waals surface area contributed by atoms with Crippen molar-refractivity contribution in [2.24, 2.45) is 0 Å². The van der Waals surface area contributed by atoms with E-state index < -0.39 is 0 Å². The first-order chi connectivity index (χ1) is 8.43. The average molecular weight is 237 g/mol. The van der Waals surface area contributed by atoms with Crippen molar-refractivity contribution in [2.75, 3.05) is 0 Å². The Labute approximate surface area is 110 Å². The number of unbranched alkanes of at least 4 members (excludes halogenated alkanes) is 6. The van der Waals surface area contributed by atoms with E-state index in [1.54, 1.807) is 0 Å². The lowest BCUT2D eigenvalue weighted by molar-refractivity contribution is 0.488. The number of hydrogen-bond donors (Lipinski definition) is 0. The molecule has 0 saturated heterocycles. The van der Waals surface area contributed by atoms with Crippen molar-refractivity contribution in [1.29, 1.82) is 0 Å². The SMILES string of the molecule is CCCCCCCCC[C]1CCCCCCC1. The fraction of sp³-hybridized carbons (Fsp3) is 0.941. The standard InChI is InChI=1S/C17H33/c1-2-3-4-5-6-8-11-14-17-15-12-9-7-10-13-16-17/h2-16H2,1H3. The van der Waals surface area contributed by atoms with Crippen LogP contribution in [0.3, 0.4) is 0 Å². The Hall–Kier alpha value is 0. The molecule has 0 bridgehead atoms. The molecule has 0 spiro atoms. The second-order valence-electron chi connectivity index (χ2n) is 5.89. The van der Waals surface area contributed by atoms with Crippen molar-refractivity contribution in [3.05, 3.63) is 5.92 Å². The van der Waals surface area contributed by atoms with Crippen molar-refractivity contribution in [2.45, 2.75) is 103 Å². The fourth-order valence-electron chi connectivity index (χ4n) is 2.99. The zero-order valence-corrected chi connectivity index (χ0v) is 12.1. The normalized spacial score (nSPS) is 18.9. The van der Waals surface area contributed by atoms with Gasteiger partial charge in [0.1, 0.15) is 0 Å². The van der Waals surface area contributed by atoms with Gasteiger partial charge < -0.3 is 0 Å². The van der Waals surface area contributed by atoms with Gasteiger partial charge in [-0.1, -0.05) is 84.0 Å². The molecule has 0 N–H and O–H groups in total. The molecular formula is C17H33. The predicted molar refractivity (Wildman–Crippen MR) is 78.2 cm³/mol. The van der Waals surface area contributed by atoms with Gasteiger partial charge in [0, 0.05) is 0 Å². The third-order valence-corrected chi connectivity index (χ3v) is 4.19. The van der Waals surface area contributed by atoms with Gasteiger partial charge in [0.25, 0.3) is 0 Å². The molecule has 1 saturated carbocycles. The largest absolute Gasteiger partial charge is 0.0654 e. The van der Waals surface area contributed by atoms with Crippen LogP contribution in [-0.2, 0) is 0 Å². The Morgan fingerprint density at radius 1 is 0.647 bits per heavy atom. The second kappa shape index (κ2) is 11.1. The zero-order chi connectivity index (χ0) is 12.2. The summed E-state index contributed by atoms with van der Waals surface area (Å²) in [6, 6.07) is 0. The van der Waals surface area contributed by atoms with Gasteiger partial charge >= 0.3 is 0 Å². The summed E-state index contributed by atoms with van der Waals surface area (Å²) in [7, 11) is 0. The molecule has 1 aliphatic carbocycles. The fourth-order valence-corrected chi connectivity index (χ4v) is 2.99. The Morgan fingerprint density at radius 3 is 1.82 bits per heavy atom. The summed E-state index contributed by atoms with van der Waals surface area (Å²) in [5.74, 6) is 1.90. The van der Waals surface area contributed by atoms with E-state index in [2.05, 4.69) is 6.92 Å². The van der Waals surface area contributed by atoms with Crippen LogP contribution in [0.5, 0.6) is 0 Å². The Morgan fingerprint density at radius 2 is 1.18 bits per heavy atom. The molecule has 0 aromatic heterocycles. The summed E-state index contributed by atoms with van der Waals surface area (Å²) in [4.78, 5) is 0. The van der Waals surface area contributed by atoms with Crippen LogP contribution in [0.2, 0.25) is 0 Å². The molecule has 0 heterocycles. The van der Waals surface area contributed by atoms with Crippen LogP contribution in [0.25, 0.3) is 0 Å². The lowest BCUT2D eigenvalue weighted by Gasteiger charge is -2.18. The molecular weight excluding hydrogens is 204 g/mol. The van der Waals surface area contributed by atoms with E-state index in [0.717, 1.165) is 0 Å². The van der Waals surface area contributed by atoms with Crippen LogP contribution < -0.4 is 0 Å². The smallest absolute Gasteiger partial charge is 0.0241 e. The molecule has 1 aliphatic rings. The zero-order valence-electron chi connectivity index (χ0n) is 12.1. The topological polar surface area (TPSA) is 0 Å². The van der Waals surface area contributed by atoms with Crippen molar-refractivity contribution < 1.29 is 0 Å². The van der Waals surface area contributed by atoms with Gasteiger partial charge in [0.15, 0.2) is 0 Å². The van der Waals surface area contributed by atoms with Gasteiger partial charge in [-0.25, -0.2) is 0 Å². The van der Waals surface area contributed by atoms with Gasteiger partial charge in [-0.05, 0) is 25.2 Å². The molecule has 0 aliphatic heterocycles. The summed E-state index contributed by atoms with van der Waals surface area (Å²) in [6.45, 7) is 2.30. The maximum absolute atomic E-state index is 2.30. The molecule has 0 atom stereocenters. The Bertz CT molecular complexity index is 142. The van der Waals surface area contributed by atoms with E-state index in [1.165, 1.54) is 96.3 Å². The summed E-state index contributed by atoms with van der Waals surface area (Å²) >= 11 is 0. The minimum atomic E-state index is 1.37. The lowest BCUT2D eigenvalue weighted by atomic mass is 9.87. The highest BCUT2D eigenvalue weighted by atomic mass is 14.2. The monoisotopic (exact) mass is 237 g/mol. The molecule has 0 heteroatoms. The van der Waals surface area contributed by atoms with Crippen LogP contribution >= 0.6 is 0 Å². The third kappa shape index (κ3) is 8.69. The van der Waals surface area contributed by atoms with E-state index in [4.69, 9.17) is 0 Å². The van der Waals surface area contributed by atoms with Gasteiger partial charge in [-0.2, -0.15) is 0 Å². The Kier molecular flexibility index (Phi) is 9.84. The molecule has 0 nitrogen and oxygen atoms in total. The summed E-state index contributed by atoms with van der Waals surface area (Å²) in [6.07, 6.45) is 22.0. The van der Waals surface area contributed by atoms with Crippen molar-refractivity contribution in [3.8, 4) is 0 Å². The minimum Gasteiger partial charge on any atom is -0.0654 e. The second-order valence-corrected chi connectivity index (χ2v) is 5.89. The van der Waals surface area contributed by atoms with Crippen LogP contribution in [-0.4, -0.2) is 0 Å². The molecule has 0 aromatic rings. The molecule has 0 unspecified atom stereocenters. The molecule has 0 amide bonds. The van der Waals surface area contributed by atoms with Gasteiger partial charge in [0.2, 0.25) is 0 Å². The van der Waals surface area contributed by atoms with E-state index in [0.29, 0.717) is 0 Å². The van der Waals surface area contributed by atoms with Crippen LogP contribution in [0.4, 0.5) is 0 Å². The molecule has 1 fully saturated rings. The first kappa shape index (κ1) is 15.1. The molecule has 1 radical (unpaired) electrons. The van der Waals surface area contributed by atoms with Crippen molar-refractivity contribution in [1.82, 2.24) is 0 Å². The van der Waals surface area contributed by atoms with E-state index >= 15 is 0 Å². The molecule has 1 rings (SSSR count). The number of hydrogen-bond acceptors (Lipinski definition) is 0. The highest BCUT2D eigenvalue weighted by Crippen LogP contribution is 2.28. The van der Waals surface area contributed by atoms with E-state index in [9.17, 15) is 0 Å². The highest BCUT2D eigenvalue weighted by Gasteiger charge is 2.11. The summed E-state index contributed by atoms with van der Waals surface area (Å²) in [5, 5.41) is 0. The minimum absolute atomic E-state index is 1.37. The first-order valence-corrected chi connectivity index (χ1v) is 8.27. The quantitative estimate of drug-likeness (QED) is 0.426. The van der Waals surface area contributed by atoms with Crippen LogP contribution in [0.15, 0.2) is 0 Å². The van der Waals surface area contributed by atoms with Crippen LogP contribution in [0.1, 0.15) is 103 Å². The third-order valence-electron chi connectivity index (χ3n) is 4.19. The average Bonchev–Trinajstić information content (AvgIpc) is 2.30. The van der Waals surface area contributed by atoms with Crippen molar-refractivity contribution >= 4 is 0 Å². The van der Waals surface area contributed by atoms with Crippen molar-refractivity contribution in [3.63, 3.8) is 0 Å². The summed E-state index contributed by atoms with van der Waals surface area (Å²) in [5.41, 5.74) is 0. The van der Waals surface area contributed by atoms with E-state index in [1.807, 2.05) is 5.92 Å². The lowest BCUT2D eigenvalue weighted by Crippen LogP contribution is -2.01. The van der Waals surface area contributed by atoms with Crippen LogP contribution in [0, 0.1) is 5.92 Å². The Balaban J connectivity index is 1.90. The number of rotatable bonds is 8.